The second-order valence-electron chi connectivity index (χ2n) is 8.83. The Morgan fingerprint density at radius 1 is 1.28 bits per heavy atom. The lowest BCUT2D eigenvalue weighted by Gasteiger charge is -2.33. The van der Waals surface area contributed by atoms with Gasteiger partial charge < -0.3 is 5.32 Å². The molecule has 1 aromatic carbocycles. The summed E-state index contributed by atoms with van der Waals surface area (Å²) in [6.45, 7) is 10.8. The first-order valence-corrected chi connectivity index (χ1v) is 11.1. The van der Waals surface area contributed by atoms with Crippen molar-refractivity contribution in [1.82, 2.24) is 5.32 Å². The van der Waals surface area contributed by atoms with Gasteiger partial charge in [-0.1, -0.05) is 26.8 Å². The van der Waals surface area contributed by atoms with Gasteiger partial charge in [0, 0.05) is 10.4 Å². The first-order valence-electron chi connectivity index (χ1n) is 9.84. The summed E-state index contributed by atoms with van der Waals surface area (Å²) >= 11 is 6.95. The molecule has 2 aromatic rings. The summed E-state index contributed by atoms with van der Waals surface area (Å²) in [6, 6.07) is 7.90. The van der Waals surface area contributed by atoms with Crippen molar-refractivity contribution in [2.45, 2.75) is 53.9 Å². The van der Waals surface area contributed by atoms with Crippen LogP contribution in [0.25, 0.3) is 0 Å². The van der Waals surface area contributed by atoms with Crippen LogP contribution in [0.15, 0.2) is 18.2 Å². The zero-order valence-electron chi connectivity index (χ0n) is 17.6. The summed E-state index contributed by atoms with van der Waals surface area (Å²) in [5.41, 5.74) is 4.82. The summed E-state index contributed by atoms with van der Waals surface area (Å²) in [6.07, 6.45) is 3.00. The van der Waals surface area contributed by atoms with Gasteiger partial charge >= 0.3 is 0 Å². The van der Waals surface area contributed by atoms with Crippen molar-refractivity contribution < 1.29 is 4.79 Å². The molecule has 0 saturated heterocycles. The molecule has 0 aliphatic heterocycles. The first-order chi connectivity index (χ1) is 13.6. The topological polar surface area (TPSA) is 64.9 Å². The highest BCUT2D eigenvalue weighted by atomic mass is 32.1. The number of carbonyl (C=O) groups excluding carboxylic acids is 1. The fourth-order valence-corrected chi connectivity index (χ4v) is 5.27. The molecule has 1 aromatic heterocycles. The highest BCUT2D eigenvalue weighted by Crippen LogP contribution is 2.43. The molecule has 1 amide bonds. The van der Waals surface area contributed by atoms with Crippen LogP contribution in [-0.2, 0) is 12.8 Å². The zero-order chi connectivity index (χ0) is 21.3. The minimum atomic E-state index is -0.252. The van der Waals surface area contributed by atoms with Gasteiger partial charge in [0.15, 0.2) is 5.11 Å². The van der Waals surface area contributed by atoms with E-state index >= 15 is 0 Å². The molecule has 0 radical (unpaired) electrons. The summed E-state index contributed by atoms with van der Waals surface area (Å²) in [5.74, 6) is 0.350. The standard InChI is InChI=1S/C23H27N3OS2/c1-13-6-7-15(10-14(13)2)20(27)25-22(28)26-21-18(12-24)17-9-8-16(23(3,4)5)11-19(17)29-21/h6-7,10,16H,8-9,11H2,1-5H3,(H2,25,26,27,28)/t16-/m1/s1. The van der Waals surface area contributed by atoms with Gasteiger partial charge in [-0.3, -0.25) is 10.1 Å². The van der Waals surface area contributed by atoms with E-state index < -0.39 is 0 Å². The molecular weight excluding hydrogens is 398 g/mol. The van der Waals surface area contributed by atoms with Crippen LogP contribution in [0.4, 0.5) is 5.00 Å². The van der Waals surface area contributed by atoms with Gasteiger partial charge in [0.2, 0.25) is 0 Å². The van der Waals surface area contributed by atoms with E-state index in [0.29, 0.717) is 17.0 Å². The molecular formula is C23H27N3OS2. The Balaban J connectivity index is 1.74. The molecule has 0 fully saturated rings. The lowest BCUT2D eigenvalue weighted by atomic mass is 9.72. The highest BCUT2D eigenvalue weighted by Gasteiger charge is 2.32. The predicted octanol–water partition coefficient (Wildman–Crippen LogP) is 5.51. The normalized spacial score (nSPS) is 15.9. The number of benzene rings is 1. The van der Waals surface area contributed by atoms with Crippen LogP contribution >= 0.6 is 23.6 Å². The second-order valence-corrected chi connectivity index (χ2v) is 10.3. The van der Waals surface area contributed by atoms with Crippen molar-refractivity contribution in [1.29, 1.82) is 5.26 Å². The Morgan fingerprint density at radius 2 is 2.00 bits per heavy atom. The van der Waals surface area contributed by atoms with Crippen molar-refractivity contribution in [3.8, 4) is 6.07 Å². The van der Waals surface area contributed by atoms with Crippen LogP contribution in [0.1, 0.15) is 64.7 Å². The third-order valence-electron chi connectivity index (χ3n) is 5.83. The highest BCUT2D eigenvalue weighted by molar-refractivity contribution is 7.80. The molecule has 1 atom stereocenters. The number of amides is 1. The molecule has 0 spiro atoms. The number of nitrogens with zero attached hydrogens (tertiary/aromatic N) is 1. The summed E-state index contributed by atoms with van der Waals surface area (Å²) < 4.78 is 0. The molecule has 0 unspecified atom stereocenters. The predicted molar refractivity (Wildman–Crippen MR) is 124 cm³/mol. The zero-order valence-corrected chi connectivity index (χ0v) is 19.2. The van der Waals surface area contributed by atoms with Crippen molar-refractivity contribution >= 4 is 39.6 Å². The number of thiocarbonyl (C=S) groups is 1. The van der Waals surface area contributed by atoms with Gasteiger partial charge in [0.1, 0.15) is 11.1 Å². The molecule has 0 saturated carbocycles. The number of anilines is 1. The van der Waals surface area contributed by atoms with Gasteiger partial charge in [0.25, 0.3) is 5.91 Å². The summed E-state index contributed by atoms with van der Waals surface area (Å²) in [5, 5.41) is 16.5. The SMILES string of the molecule is Cc1ccc(C(=O)NC(=S)Nc2sc3c(c2C#N)CC[C@@H](C(C)(C)C)C3)cc1C. The third-order valence-corrected chi connectivity index (χ3v) is 7.20. The number of nitriles is 1. The quantitative estimate of drug-likeness (QED) is 0.622. The number of nitrogens with one attached hydrogen (secondary N) is 2. The van der Waals surface area contributed by atoms with Gasteiger partial charge in [-0.15, -0.1) is 11.3 Å². The maximum absolute atomic E-state index is 12.5. The van der Waals surface area contributed by atoms with Crippen LogP contribution in [-0.4, -0.2) is 11.0 Å². The largest absolute Gasteiger partial charge is 0.323 e. The average molecular weight is 426 g/mol. The van der Waals surface area contributed by atoms with Crippen molar-refractivity contribution in [2.75, 3.05) is 5.32 Å². The van der Waals surface area contributed by atoms with E-state index in [0.717, 1.165) is 41.0 Å². The minimum absolute atomic E-state index is 0.218. The number of rotatable bonds is 2. The minimum Gasteiger partial charge on any atom is -0.323 e. The molecule has 4 nitrogen and oxygen atoms in total. The van der Waals surface area contributed by atoms with Gasteiger partial charge in [-0.25, -0.2) is 0 Å². The number of thiophene rings is 1. The smallest absolute Gasteiger partial charge is 0.257 e. The fraction of sp³-hybridized carbons (Fsp3) is 0.435. The lowest BCUT2D eigenvalue weighted by Crippen LogP contribution is -2.34. The number of aryl methyl sites for hydroxylation is 2. The van der Waals surface area contributed by atoms with Crippen LogP contribution in [0, 0.1) is 36.5 Å². The summed E-state index contributed by atoms with van der Waals surface area (Å²) in [4.78, 5) is 13.8. The molecule has 1 aliphatic carbocycles. The van der Waals surface area contributed by atoms with Gasteiger partial charge in [-0.2, -0.15) is 5.26 Å². The fourth-order valence-electron chi connectivity index (χ4n) is 3.72. The van der Waals surface area contributed by atoms with E-state index in [4.69, 9.17) is 12.2 Å². The van der Waals surface area contributed by atoms with Crippen LogP contribution in [0.5, 0.6) is 0 Å². The Hall–Kier alpha value is -2.23. The molecule has 1 heterocycles. The van der Waals surface area contributed by atoms with E-state index in [1.54, 1.807) is 17.4 Å². The molecule has 6 heteroatoms. The maximum atomic E-state index is 12.5. The van der Waals surface area contributed by atoms with E-state index in [1.165, 1.54) is 4.88 Å². The average Bonchev–Trinajstić information content (AvgIpc) is 2.98. The third kappa shape index (κ3) is 4.68. The van der Waals surface area contributed by atoms with E-state index in [-0.39, 0.29) is 16.4 Å². The molecule has 3 rings (SSSR count). The van der Waals surface area contributed by atoms with E-state index in [9.17, 15) is 10.1 Å². The number of hydrogen-bond acceptors (Lipinski definition) is 4. The van der Waals surface area contributed by atoms with E-state index in [1.807, 2.05) is 26.0 Å². The second kappa shape index (κ2) is 8.25. The Kier molecular flexibility index (Phi) is 6.11. The Morgan fingerprint density at radius 3 is 2.62 bits per heavy atom. The van der Waals surface area contributed by atoms with Gasteiger partial charge in [-0.05, 0) is 85.5 Å². The van der Waals surface area contributed by atoms with Crippen molar-refractivity contribution in [2.24, 2.45) is 11.3 Å². The Bertz CT molecular complexity index is 1010. The molecule has 0 bridgehead atoms. The van der Waals surface area contributed by atoms with Crippen LogP contribution in [0.3, 0.4) is 0 Å². The number of fused-ring (bicyclic) bond motifs is 1. The van der Waals surface area contributed by atoms with E-state index in [2.05, 4.69) is 37.5 Å². The molecule has 2 N–H and O–H groups in total. The lowest BCUT2D eigenvalue weighted by molar-refractivity contribution is 0.0977. The van der Waals surface area contributed by atoms with Crippen molar-refractivity contribution in [3.63, 3.8) is 0 Å². The van der Waals surface area contributed by atoms with Crippen molar-refractivity contribution in [3.05, 3.63) is 50.9 Å². The molecule has 29 heavy (non-hydrogen) atoms. The maximum Gasteiger partial charge on any atom is 0.257 e. The number of carbonyl (C=O) groups is 1. The number of hydrogen-bond donors (Lipinski definition) is 2. The first kappa shape index (κ1) is 21.5. The van der Waals surface area contributed by atoms with Crippen LogP contribution < -0.4 is 10.6 Å². The summed E-state index contributed by atoms with van der Waals surface area (Å²) in [7, 11) is 0. The Labute approximate surface area is 182 Å². The van der Waals surface area contributed by atoms with Gasteiger partial charge in [0.05, 0.1) is 5.56 Å². The molecule has 152 valence electrons. The molecule has 1 aliphatic rings. The van der Waals surface area contributed by atoms with Crippen LogP contribution in [0.2, 0.25) is 0 Å². The monoisotopic (exact) mass is 425 g/mol.